The highest BCUT2D eigenvalue weighted by atomic mass is 16.2. The molecule has 0 bridgehead atoms. The number of fused-ring (bicyclic) bond motifs is 2. The van der Waals surface area contributed by atoms with Gasteiger partial charge in [0.1, 0.15) is 24.2 Å². The van der Waals surface area contributed by atoms with E-state index in [1.165, 1.54) is 11.1 Å². The zero-order valence-electron chi connectivity index (χ0n) is 38.1. The molecule has 6 amide bonds. The van der Waals surface area contributed by atoms with Gasteiger partial charge in [0.25, 0.3) is 0 Å². The van der Waals surface area contributed by atoms with E-state index in [2.05, 4.69) is 68.0 Å². The maximum Gasteiger partial charge on any atom is 0.250 e. The van der Waals surface area contributed by atoms with Crippen LogP contribution >= 0.6 is 0 Å². The van der Waals surface area contributed by atoms with Crippen LogP contribution in [0, 0.1) is 11.8 Å². The Hall–Kier alpha value is -6.04. The first-order valence-electron chi connectivity index (χ1n) is 23.4. The molecule has 14 nitrogen and oxygen atoms in total. The van der Waals surface area contributed by atoms with Gasteiger partial charge in [0.05, 0.1) is 24.2 Å². The first kappa shape index (κ1) is 46.9. The van der Waals surface area contributed by atoms with Crippen molar-refractivity contribution in [1.29, 1.82) is 0 Å². The molecule has 65 heavy (non-hydrogen) atoms. The highest BCUT2D eigenvalue weighted by Gasteiger charge is 2.41. The predicted molar refractivity (Wildman–Crippen MR) is 248 cm³/mol. The van der Waals surface area contributed by atoms with Crippen LogP contribution in [-0.4, -0.2) is 103 Å². The van der Waals surface area contributed by atoms with E-state index in [0.29, 0.717) is 49.9 Å². The van der Waals surface area contributed by atoms with Crippen molar-refractivity contribution in [2.24, 2.45) is 0 Å². The monoisotopic (exact) mass is 884 g/mol. The third-order valence-corrected chi connectivity index (χ3v) is 13.6. The first-order chi connectivity index (χ1) is 31.5. The van der Waals surface area contributed by atoms with Gasteiger partial charge in [-0.2, -0.15) is 0 Å². The summed E-state index contributed by atoms with van der Waals surface area (Å²) in [7, 11) is 3.33. The standard InChI is InChI=1S/C51H64N8O6/c1-32(52-3)46(60)56-42(50(64)58-30-12-24-43(58)48(62)54-40-21-10-17-35-15-5-7-19-38(35)40)23-9-14-34-26-28-37(29-27-34)45(57-47(61)33(2)53-4)51(65)59-31-13-25-44(59)49(63)55-41-22-11-18-36-16-6-8-20-39(36)41/h5-8,15-16,19-20,26-29,32-33,40-45,52-53H,10-13,17-18,21-25,30-31H2,1-4H3,(H,54,62)(H,55,63)(H,56,60)(H,57,61)/t32-,33-,40+,41+,42-,43-,44-,45-/m0/s1. The number of rotatable bonds is 14. The summed E-state index contributed by atoms with van der Waals surface area (Å²) in [6, 6.07) is 18.5. The van der Waals surface area contributed by atoms with Crippen LogP contribution in [0.15, 0.2) is 72.8 Å². The van der Waals surface area contributed by atoms with Gasteiger partial charge in [0.15, 0.2) is 0 Å². The normalized spacial score (nSPS) is 21.8. The first-order valence-corrected chi connectivity index (χ1v) is 23.4. The van der Waals surface area contributed by atoms with E-state index < -0.39 is 36.3 Å². The molecule has 4 aliphatic rings. The highest BCUT2D eigenvalue weighted by molar-refractivity contribution is 5.95. The van der Waals surface area contributed by atoms with Gasteiger partial charge in [-0.05, 0) is 132 Å². The lowest BCUT2D eigenvalue weighted by atomic mass is 9.87. The number of hydrogen-bond acceptors (Lipinski definition) is 8. The van der Waals surface area contributed by atoms with E-state index in [4.69, 9.17) is 0 Å². The van der Waals surface area contributed by atoms with Crippen LogP contribution in [0.4, 0.5) is 0 Å². The second-order valence-corrected chi connectivity index (χ2v) is 17.8. The summed E-state index contributed by atoms with van der Waals surface area (Å²) in [5, 5.41) is 18.1. The summed E-state index contributed by atoms with van der Waals surface area (Å²) in [6.07, 6.45) is 7.90. The largest absolute Gasteiger partial charge is 0.347 e. The molecule has 6 N–H and O–H groups in total. The lowest BCUT2D eigenvalue weighted by Gasteiger charge is -2.32. The van der Waals surface area contributed by atoms with E-state index in [1.54, 1.807) is 62.0 Å². The maximum absolute atomic E-state index is 14.5. The lowest BCUT2D eigenvalue weighted by Crippen LogP contribution is -2.55. The van der Waals surface area contributed by atoms with E-state index in [1.807, 2.05) is 24.3 Å². The molecular formula is C51H64N8O6. The summed E-state index contributed by atoms with van der Waals surface area (Å²) in [5.41, 5.74) is 5.82. The summed E-state index contributed by atoms with van der Waals surface area (Å²) in [6.45, 7) is 4.19. The topological polar surface area (TPSA) is 181 Å². The zero-order valence-corrected chi connectivity index (χ0v) is 38.1. The summed E-state index contributed by atoms with van der Waals surface area (Å²) in [5.74, 6) is 4.35. The fraction of sp³-hybridized carbons (Fsp3) is 0.490. The van der Waals surface area contributed by atoms with Crippen molar-refractivity contribution in [2.45, 2.75) is 133 Å². The van der Waals surface area contributed by atoms with Crippen LogP contribution in [-0.2, 0) is 41.6 Å². The molecule has 344 valence electrons. The molecule has 14 heteroatoms. The number of nitrogens with zero attached hydrogens (tertiary/aromatic N) is 2. The molecule has 2 saturated heterocycles. The third-order valence-electron chi connectivity index (χ3n) is 13.6. The molecule has 8 atom stereocenters. The summed E-state index contributed by atoms with van der Waals surface area (Å²) >= 11 is 0. The highest BCUT2D eigenvalue weighted by Crippen LogP contribution is 2.32. The Kier molecular flexibility index (Phi) is 15.7. The minimum atomic E-state index is -1.06. The Morgan fingerprint density at radius 3 is 1.63 bits per heavy atom. The second kappa shape index (κ2) is 21.8. The molecule has 2 fully saturated rings. The number of hydrogen-bond donors (Lipinski definition) is 6. The van der Waals surface area contributed by atoms with Crippen LogP contribution in [0.5, 0.6) is 0 Å². The quantitative estimate of drug-likeness (QED) is 0.133. The summed E-state index contributed by atoms with van der Waals surface area (Å²) in [4.78, 5) is 86.0. The predicted octanol–water partition coefficient (Wildman–Crippen LogP) is 3.66. The van der Waals surface area contributed by atoms with Crippen LogP contribution in [0.2, 0.25) is 0 Å². The van der Waals surface area contributed by atoms with Gasteiger partial charge in [0, 0.05) is 25.1 Å². The average Bonchev–Trinajstić information content (AvgIpc) is 4.04. The number of likely N-dealkylation sites (N-methyl/N-ethyl adjacent to an activating group) is 2. The third kappa shape index (κ3) is 11.1. The number of carbonyl (C=O) groups is 6. The van der Waals surface area contributed by atoms with Crippen LogP contribution in [0.3, 0.4) is 0 Å². The zero-order chi connectivity index (χ0) is 46.0. The van der Waals surface area contributed by atoms with Crippen molar-refractivity contribution in [3.63, 3.8) is 0 Å². The number of nitrogens with one attached hydrogen (secondary N) is 6. The molecule has 2 aliphatic heterocycles. The van der Waals surface area contributed by atoms with Crippen molar-refractivity contribution in [3.05, 3.63) is 106 Å². The van der Waals surface area contributed by atoms with Crippen LogP contribution < -0.4 is 31.9 Å². The van der Waals surface area contributed by atoms with Gasteiger partial charge in [-0.3, -0.25) is 28.8 Å². The molecule has 3 aromatic rings. The van der Waals surface area contributed by atoms with E-state index in [-0.39, 0.29) is 53.9 Å². The minimum absolute atomic E-state index is 0.00642. The SMILES string of the molecule is CN[C@@H](C)C(=O)N[C@@H](CC#Cc1ccc([C@H](NC(=O)[C@H](C)NC)C(=O)N2CCC[C@H]2C(=O)N[C@@H]2CCCc3ccccc32)cc1)C(=O)N1CCC[C@H]1C(=O)N[C@@H]1CCCc2ccccc21. The number of benzene rings is 3. The number of amides is 6. The van der Waals surface area contributed by atoms with Crippen molar-refractivity contribution in [3.8, 4) is 11.8 Å². The van der Waals surface area contributed by atoms with Gasteiger partial charge in [-0.25, -0.2) is 0 Å². The Balaban J connectivity index is 1.05. The fourth-order valence-electron chi connectivity index (χ4n) is 9.64. The lowest BCUT2D eigenvalue weighted by molar-refractivity contribution is -0.142. The minimum Gasteiger partial charge on any atom is -0.347 e. The Labute approximate surface area is 382 Å². The maximum atomic E-state index is 14.5. The van der Waals surface area contributed by atoms with Crippen LogP contribution in [0.1, 0.15) is 123 Å². The fourth-order valence-corrected chi connectivity index (χ4v) is 9.64. The molecule has 0 unspecified atom stereocenters. The average molecular weight is 885 g/mol. The van der Waals surface area contributed by atoms with E-state index >= 15 is 0 Å². The molecule has 0 aromatic heterocycles. The van der Waals surface area contributed by atoms with Crippen LogP contribution in [0.25, 0.3) is 0 Å². The molecule has 0 radical (unpaired) electrons. The smallest absolute Gasteiger partial charge is 0.250 e. The molecule has 0 saturated carbocycles. The van der Waals surface area contributed by atoms with Gasteiger partial charge in [-0.15, -0.1) is 0 Å². The molecule has 2 aliphatic carbocycles. The van der Waals surface area contributed by atoms with Gasteiger partial charge >= 0.3 is 0 Å². The van der Waals surface area contributed by atoms with Gasteiger partial charge in [0.2, 0.25) is 35.4 Å². The Morgan fingerprint density at radius 2 is 1.11 bits per heavy atom. The van der Waals surface area contributed by atoms with E-state index in [0.717, 1.165) is 49.7 Å². The van der Waals surface area contributed by atoms with E-state index in [9.17, 15) is 28.8 Å². The number of carbonyl (C=O) groups excluding carboxylic acids is 6. The molecule has 7 rings (SSSR count). The Bertz CT molecular complexity index is 2290. The second-order valence-electron chi connectivity index (χ2n) is 17.8. The summed E-state index contributed by atoms with van der Waals surface area (Å²) < 4.78 is 0. The van der Waals surface area contributed by atoms with Crippen molar-refractivity contribution >= 4 is 35.4 Å². The number of aryl methyl sites for hydroxylation is 2. The van der Waals surface area contributed by atoms with Crippen molar-refractivity contribution in [2.75, 3.05) is 27.2 Å². The van der Waals surface area contributed by atoms with Gasteiger partial charge < -0.3 is 41.7 Å². The van der Waals surface area contributed by atoms with Gasteiger partial charge in [-0.1, -0.05) is 72.5 Å². The number of likely N-dealkylation sites (tertiary alicyclic amines) is 2. The molecule has 3 aromatic carbocycles. The molecule has 2 heterocycles. The Morgan fingerprint density at radius 1 is 0.615 bits per heavy atom. The molecular weight excluding hydrogens is 821 g/mol. The van der Waals surface area contributed by atoms with Crippen molar-refractivity contribution in [1.82, 2.24) is 41.7 Å². The van der Waals surface area contributed by atoms with Crippen molar-refractivity contribution < 1.29 is 28.8 Å². The molecule has 0 spiro atoms.